The standard InChI is InChI=1S/C29H20O6/c1-32-21-10-6-5-9-18(21)15-25-28(31)19-11-12-24-27(29(19)35-25)20(16-26(30)34-24)23-14-13-22(33-23)17-7-3-2-4-8-17/h2-15,20H,16H2,1H3/b25-15-/t20-/m0/s1. The van der Waals surface area contributed by atoms with E-state index in [4.69, 9.17) is 18.6 Å². The number of fused-ring (bicyclic) bond motifs is 3. The highest BCUT2D eigenvalue weighted by atomic mass is 16.5. The van der Waals surface area contributed by atoms with Gasteiger partial charge in [0.25, 0.3) is 0 Å². The number of carbonyl (C=O) groups excluding carboxylic acids is 2. The molecule has 4 aromatic rings. The molecule has 35 heavy (non-hydrogen) atoms. The summed E-state index contributed by atoms with van der Waals surface area (Å²) in [6.45, 7) is 0. The third kappa shape index (κ3) is 3.60. The van der Waals surface area contributed by atoms with Crippen molar-refractivity contribution in [2.45, 2.75) is 12.3 Å². The molecule has 6 heteroatoms. The molecule has 2 aliphatic rings. The van der Waals surface area contributed by atoms with E-state index in [1.165, 1.54) is 0 Å². The van der Waals surface area contributed by atoms with Crippen LogP contribution in [0.4, 0.5) is 0 Å². The summed E-state index contributed by atoms with van der Waals surface area (Å²) in [4.78, 5) is 25.6. The van der Waals surface area contributed by atoms with E-state index in [0.29, 0.717) is 39.9 Å². The molecule has 172 valence electrons. The van der Waals surface area contributed by atoms with Crippen molar-refractivity contribution in [2.75, 3.05) is 7.11 Å². The van der Waals surface area contributed by atoms with Gasteiger partial charge in [-0.15, -0.1) is 0 Å². The zero-order chi connectivity index (χ0) is 23.9. The van der Waals surface area contributed by atoms with Crippen LogP contribution >= 0.6 is 0 Å². The second-order valence-electron chi connectivity index (χ2n) is 8.33. The number of methoxy groups -OCH3 is 1. The fourth-order valence-electron chi connectivity index (χ4n) is 4.57. The predicted octanol–water partition coefficient (Wildman–Crippen LogP) is 6.01. The second-order valence-corrected chi connectivity index (χ2v) is 8.33. The lowest BCUT2D eigenvalue weighted by atomic mass is 9.88. The van der Waals surface area contributed by atoms with E-state index in [-0.39, 0.29) is 23.9 Å². The number of hydrogen-bond acceptors (Lipinski definition) is 6. The van der Waals surface area contributed by atoms with E-state index in [0.717, 1.165) is 11.1 Å². The SMILES string of the molecule is COc1ccccc1/C=C1\Oc2c(ccc3c2[C@H](c2ccc(-c4ccccc4)o2)CC(=O)O3)C1=O. The van der Waals surface area contributed by atoms with E-state index >= 15 is 0 Å². The lowest BCUT2D eigenvalue weighted by molar-refractivity contribution is -0.135. The maximum atomic E-state index is 13.2. The van der Waals surface area contributed by atoms with E-state index in [1.54, 1.807) is 25.3 Å². The molecule has 6 rings (SSSR count). The van der Waals surface area contributed by atoms with Crippen molar-refractivity contribution in [1.29, 1.82) is 0 Å². The van der Waals surface area contributed by atoms with Crippen LogP contribution in [0, 0.1) is 0 Å². The molecule has 0 amide bonds. The van der Waals surface area contributed by atoms with Crippen LogP contribution in [0.25, 0.3) is 17.4 Å². The maximum absolute atomic E-state index is 13.2. The van der Waals surface area contributed by atoms with Crippen LogP contribution in [0.1, 0.15) is 39.6 Å². The first-order chi connectivity index (χ1) is 17.1. The minimum atomic E-state index is -0.447. The molecule has 0 saturated heterocycles. The smallest absolute Gasteiger partial charge is 0.312 e. The summed E-state index contributed by atoms with van der Waals surface area (Å²) in [5.74, 6) is 1.82. The number of hydrogen-bond donors (Lipinski definition) is 0. The highest BCUT2D eigenvalue weighted by Gasteiger charge is 2.39. The Labute approximate surface area is 201 Å². The fraction of sp³-hybridized carbons (Fsp3) is 0.103. The molecule has 0 fully saturated rings. The van der Waals surface area contributed by atoms with E-state index in [1.807, 2.05) is 66.7 Å². The molecule has 0 saturated carbocycles. The Morgan fingerprint density at radius 2 is 1.69 bits per heavy atom. The summed E-state index contributed by atoms with van der Waals surface area (Å²) < 4.78 is 23.2. The number of ether oxygens (including phenoxy) is 3. The van der Waals surface area contributed by atoms with Crippen molar-refractivity contribution >= 4 is 17.8 Å². The average Bonchev–Trinajstić information content (AvgIpc) is 3.50. The summed E-state index contributed by atoms with van der Waals surface area (Å²) >= 11 is 0. The van der Waals surface area contributed by atoms with Crippen molar-refractivity contribution in [1.82, 2.24) is 0 Å². The van der Waals surface area contributed by atoms with Gasteiger partial charge in [0.15, 0.2) is 5.76 Å². The molecule has 0 spiro atoms. The van der Waals surface area contributed by atoms with Gasteiger partial charge in [-0.05, 0) is 36.4 Å². The Morgan fingerprint density at radius 1 is 0.886 bits per heavy atom. The van der Waals surface area contributed by atoms with Gasteiger partial charge in [-0.25, -0.2) is 0 Å². The van der Waals surface area contributed by atoms with E-state index < -0.39 is 5.92 Å². The van der Waals surface area contributed by atoms with Crippen LogP contribution in [-0.4, -0.2) is 18.9 Å². The summed E-state index contributed by atoms with van der Waals surface area (Å²) in [7, 11) is 1.58. The molecule has 2 aliphatic heterocycles. The van der Waals surface area contributed by atoms with Gasteiger partial charge in [0.05, 0.1) is 25.0 Å². The van der Waals surface area contributed by atoms with Crippen LogP contribution in [-0.2, 0) is 4.79 Å². The Bertz CT molecular complexity index is 1490. The van der Waals surface area contributed by atoms with Gasteiger partial charge in [-0.1, -0.05) is 48.5 Å². The predicted molar refractivity (Wildman–Crippen MR) is 129 cm³/mol. The maximum Gasteiger partial charge on any atom is 0.312 e. The van der Waals surface area contributed by atoms with Gasteiger partial charge in [-0.2, -0.15) is 0 Å². The van der Waals surface area contributed by atoms with Crippen molar-refractivity contribution in [3.05, 3.63) is 107 Å². The van der Waals surface area contributed by atoms with Crippen molar-refractivity contribution in [2.24, 2.45) is 0 Å². The first kappa shape index (κ1) is 21.0. The summed E-state index contributed by atoms with van der Waals surface area (Å²) in [5.41, 5.74) is 2.71. The minimum Gasteiger partial charge on any atom is -0.496 e. The highest BCUT2D eigenvalue weighted by molar-refractivity contribution is 6.15. The van der Waals surface area contributed by atoms with Gasteiger partial charge < -0.3 is 18.6 Å². The monoisotopic (exact) mass is 464 g/mol. The number of rotatable bonds is 4. The molecular weight excluding hydrogens is 444 g/mol. The molecule has 0 aliphatic carbocycles. The minimum absolute atomic E-state index is 0.0777. The van der Waals surface area contributed by atoms with Gasteiger partial charge in [-0.3, -0.25) is 9.59 Å². The number of para-hydroxylation sites is 1. The Hall–Kier alpha value is -4.58. The quantitative estimate of drug-likeness (QED) is 0.209. The molecule has 6 nitrogen and oxygen atoms in total. The number of ketones is 1. The second kappa shape index (κ2) is 8.33. The topological polar surface area (TPSA) is 75.0 Å². The summed E-state index contributed by atoms with van der Waals surface area (Å²) in [6.07, 6.45) is 1.74. The molecule has 0 unspecified atom stereocenters. The fourth-order valence-corrected chi connectivity index (χ4v) is 4.57. The average molecular weight is 464 g/mol. The molecule has 3 aromatic carbocycles. The number of furan rings is 1. The Kier molecular flexibility index (Phi) is 4.99. The first-order valence-electron chi connectivity index (χ1n) is 11.2. The molecule has 0 radical (unpaired) electrons. The number of benzene rings is 3. The summed E-state index contributed by atoms with van der Waals surface area (Å²) in [6, 6.07) is 24.1. The van der Waals surface area contributed by atoms with Crippen molar-refractivity contribution in [3.8, 4) is 28.6 Å². The number of allylic oxidation sites excluding steroid dienone is 1. The zero-order valence-electron chi connectivity index (χ0n) is 18.8. The Balaban J connectivity index is 1.43. The van der Waals surface area contributed by atoms with Gasteiger partial charge >= 0.3 is 5.97 Å². The lowest BCUT2D eigenvalue weighted by Gasteiger charge is -2.24. The van der Waals surface area contributed by atoms with Gasteiger partial charge in [0.1, 0.15) is 28.8 Å². The molecule has 1 aromatic heterocycles. The lowest BCUT2D eigenvalue weighted by Crippen LogP contribution is -2.21. The first-order valence-corrected chi connectivity index (χ1v) is 11.2. The van der Waals surface area contributed by atoms with Crippen LogP contribution in [0.15, 0.2) is 89.0 Å². The Morgan fingerprint density at radius 3 is 2.51 bits per heavy atom. The van der Waals surface area contributed by atoms with Crippen molar-refractivity contribution < 1.29 is 28.2 Å². The molecular formula is C29H20O6. The number of Topliss-reactive ketones (excluding diaryl/α,β-unsaturated/α-hetero) is 1. The molecule has 0 N–H and O–H groups in total. The van der Waals surface area contributed by atoms with Crippen LogP contribution < -0.4 is 14.2 Å². The third-order valence-electron chi connectivity index (χ3n) is 6.23. The highest BCUT2D eigenvalue weighted by Crippen LogP contribution is 2.49. The number of carbonyl (C=O) groups is 2. The van der Waals surface area contributed by atoms with Gasteiger partial charge in [0, 0.05) is 16.7 Å². The van der Waals surface area contributed by atoms with Gasteiger partial charge in [0.2, 0.25) is 5.78 Å². The molecule has 3 heterocycles. The molecule has 1 atom stereocenters. The van der Waals surface area contributed by atoms with Crippen LogP contribution in [0.5, 0.6) is 17.2 Å². The normalized spacial score (nSPS) is 17.5. The summed E-state index contributed by atoms with van der Waals surface area (Å²) in [5, 5.41) is 0. The largest absolute Gasteiger partial charge is 0.496 e. The third-order valence-corrected chi connectivity index (χ3v) is 6.23. The zero-order valence-corrected chi connectivity index (χ0v) is 18.8. The van der Waals surface area contributed by atoms with E-state index in [2.05, 4.69) is 0 Å². The van der Waals surface area contributed by atoms with Crippen LogP contribution in [0.2, 0.25) is 0 Å². The van der Waals surface area contributed by atoms with E-state index in [9.17, 15) is 9.59 Å². The molecule has 0 bridgehead atoms. The number of esters is 1. The van der Waals surface area contributed by atoms with Crippen LogP contribution in [0.3, 0.4) is 0 Å². The van der Waals surface area contributed by atoms with Crippen molar-refractivity contribution in [3.63, 3.8) is 0 Å².